The lowest BCUT2D eigenvalue weighted by molar-refractivity contribution is 0.0600. The second-order valence-electron chi connectivity index (χ2n) is 4.55. The predicted octanol–water partition coefficient (Wildman–Crippen LogP) is 1.18. The summed E-state index contributed by atoms with van der Waals surface area (Å²) in [5.74, 6) is -0.122. The van der Waals surface area contributed by atoms with E-state index < -0.39 is 5.97 Å². The number of carbonyl (C=O) groups excluding carboxylic acids is 1. The second kappa shape index (κ2) is 4.49. The molecular weight excluding hydrogens is 234 g/mol. The number of benzene rings is 1. The van der Waals surface area contributed by atoms with Gasteiger partial charge < -0.3 is 20.3 Å². The van der Waals surface area contributed by atoms with Crippen LogP contribution in [0.4, 0.5) is 0 Å². The monoisotopic (exact) mass is 251 g/mol. The minimum absolute atomic E-state index is 0.0631. The van der Waals surface area contributed by atoms with Crippen molar-refractivity contribution in [2.24, 2.45) is 5.73 Å². The van der Waals surface area contributed by atoms with Crippen LogP contribution in [0.25, 0.3) is 0 Å². The Morgan fingerprint density at radius 3 is 2.56 bits per heavy atom. The van der Waals surface area contributed by atoms with Crippen LogP contribution in [0.1, 0.15) is 28.8 Å². The van der Waals surface area contributed by atoms with E-state index in [2.05, 4.69) is 4.74 Å². The van der Waals surface area contributed by atoms with Crippen LogP contribution in [0.5, 0.6) is 11.5 Å². The van der Waals surface area contributed by atoms with Crippen LogP contribution in [0, 0.1) is 0 Å². The Bertz CT molecular complexity index is 480. The number of phenols is 1. The Morgan fingerprint density at radius 2 is 2.11 bits per heavy atom. The first-order chi connectivity index (χ1) is 8.57. The molecule has 3 N–H and O–H groups in total. The molecule has 1 aliphatic carbocycles. The van der Waals surface area contributed by atoms with Crippen LogP contribution >= 0.6 is 0 Å². The van der Waals surface area contributed by atoms with Gasteiger partial charge in [0.2, 0.25) is 0 Å². The van der Waals surface area contributed by atoms with Gasteiger partial charge in [-0.3, -0.25) is 0 Å². The Labute approximate surface area is 106 Å². The van der Waals surface area contributed by atoms with Gasteiger partial charge in [0, 0.05) is 17.5 Å². The number of hydrogen-bond acceptors (Lipinski definition) is 5. The first-order valence-corrected chi connectivity index (χ1v) is 5.78. The number of aromatic hydroxyl groups is 1. The van der Waals surface area contributed by atoms with E-state index in [0.717, 1.165) is 12.8 Å². The van der Waals surface area contributed by atoms with Crippen LogP contribution in [0.3, 0.4) is 0 Å². The van der Waals surface area contributed by atoms with E-state index in [4.69, 9.17) is 10.5 Å². The molecule has 5 nitrogen and oxygen atoms in total. The quantitative estimate of drug-likeness (QED) is 0.785. The topological polar surface area (TPSA) is 81.8 Å². The molecule has 98 valence electrons. The average Bonchev–Trinajstić information content (AvgIpc) is 3.19. The molecule has 0 radical (unpaired) electrons. The zero-order valence-electron chi connectivity index (χ0n) is 10.5. The van der Waals surface area contributed by atoms with Crippen LogP contribution in [0.15, 0.2) is 12.1 Å². The van der Waals surface area contributed by atoms with E-state index in [9.17, 15) is 9.90 Å². The number of hydrogen-bond donors (Lipinski definition) is 2. The molecule has 0 spiro atoms. The zero-order valence-corrected chi connectivity index (χ0v) is 10.5. The summed E-state index contributed by atoms with van der Waals surface area (Å²) in [5.41, 5.74) is 6.56. The van der Waals surface area contributed by atoms with E-state index in [0.29, 0.717) is 17.7 Å². The maximum atomic E-state index is 11.6. The minimum Gasteiger partial charge on any atom is -0.504 e. The molecule has 1 aliphatic rings. The Morgan fingerprint density at radius 1 is 1.44 bits per heavy atom. The van der Waals surface area contributed by atoms with Crippen LogP contribution in [0.2, 0.25) is 0 Å². The molecule has 0 bridgehead atoms. The molecule has 0 heterocycles. The molecule has 1 aromatic carbocycles. The lowest BCUT2D eigenvalue weighted by Crippen LogP contribution is -2.20. The van der Waals surface area contributed by atoms with E-state index in [1.54, 1.807) is 6.07 Å². The van der Waals surface area contributed by atoms with E-state index in [1.165, 1.54) is 20.3 Å². The van der Waals surface area contributed by atoms with Crippen molar-refractivity contribution < 1.29 is 19.4 Å². The average molecular weight is 251 g/mol. The van der Waals surface area contributed by atoms with E-state index >= 15 is 0 Å². The fourth-order valence-electron chi connectivity index (χ4n) is 2.14. The summed E-state index contributed by atoms with van der Waals surface area (Å²) in [7, 11) is 2.76. The normalized spacial score (nSPS) is 16.2. The van der Waals surface area contributed by atoms with Gasteiger partial charge in [0.25, 0.3) is 0 Å². The summed E-state index contributed by atoms with van der Waals surface area (Å²) in [4.78, 5) is 11.6. The molecule has 5 heteroatoms. The molecule has 1 saturated carbocycles. The summed E-state index contributed by atoms with van der Waals surface area (Å²) >= 11 is 0. The molecule has 0 aliphatic heterocycles. The van der Waals surface area contributed by atoms with Crippen molar-refractivity contribution in [1.82, 2.24) is 0 Å². The van der Waals surface area contributed by atoms with Gasteiger partial charge in [-0.05, 0) is 25.0 Å². The summed E-state index contributed by atoms with van der Waals surface area (Å²) in [6.07, 6.45) is 1.82. The summed E-state index contributed by atoms with van der Waals surface area (Å²) < 4.78 is 9.78. The molecule has 0 amide bonds. The Balaban J connectivity index is 2.54. The van der Waals surface area contributed by atoms with Gasteiger partial charge in [0.15, 0.2) is 11.5 Å². The molecule has 0 saturated heterocycles. The lowest BCUT2D eigenvalue weighted by atomic mass is 9.93. The van der Waals surface area contributed by atoms with Crippen molar-refractivity contribution in [3.8, 4) is 11.5 Å². The summed E-state index contributed by atoms with van der Waals surface area (Å²) in [6.45, 7) is 0.439. The number of carbonyl (C=O) groups is 1. The molecule has 0 unspecified atom stereocenters. The number of esters is 1. The first kappa shape index (κ1) is 12.7. The molecular formula is C13H17NO4. The van der Waals surface area contributed by atoms with E-state index in [1.807, 2.05) is 0 Å². The lowest BCUT2D eigenvalue weighted by Gasteiger charge is -2.17. The van der Waals surface area contributed by atoms with Gasteiger partial charge in [-0.2, -0.15) is 0 Å². The number of rotatable bonds is 4. The maximum absolute atomic E-state index is 11.6. The van der Waals surface area contributed by atoms with Gasteiger partial charge in [0.05, 0.1) is 19.8 Å². The van der Waals surface area contributed by atoms with Crippen LogP contribution < -0.4 is 10.5 Å². The van der Waals surface area contributed by atoms with Crippen LogP contribution in [-0.2, 0) is 10.2 Å². The third kappa shape index (κ3) is 1.90. The van der Waals surface area contributed by atoms with Gasteiger partial charge in [-0.1, -0.05) is 0 Å². The maximum Gasteiger partial charge on any atom is 0.337 e. The molecule has 0 atom stereocenters. The van der Waals surface area contributed by atoms with Crippen molar-refractivity contribution in [2.75, 3.05) is 20.8 Å². The fraction of sp³-hybridized carbons (Fsp3) is 0.462. The Kier molecular flexibility index (Phi) is 3.17. The van der Waals surface area contributed by atoms with Gasteiger partial charge in [-0.25, -0.2) is 4.79 Å². The molecule has 0 aromatic heterocycles. The van der Waals surface area contributed by atoms with E-state index in [-0.39, 0.29) is 16.9 Å². The predicted molar refractivity (Wildman–Crippen MR) is 66.0 cm³/mol. The molecule has 1 fully saturated rings. The molecule has 1 aromatic rings. The number of nitrogens with two attached hydrogens (primary N) is 1. The molecule has 18 heavy (non-hydrogen) atoms. The number of methoxy groups -OCH3 is 2. The highest BCUT2D eigenvalue weighted by molar-refractivity contribution is 5.90. The third-order valence-corrected chi connectivity index (χ3v) is 3.53. The number of ether oxygens (including phenoxy) is 2. The molecule has 2 rings (SSSR count). The van der Waals surface area contributed by atoms with Gasteiger partial charge in [0.1, 0.15) is 0 Å². The first-order valence-electron chi connectivity index (χ1n) is 5.78. The van der Waals surface area contributed by atoms with Crippen molar-refractivity contribution in [3.63, 3.8) is 0 Å². The van der Waals surface area contributed by atoms with Crippen molar-refractivity contribution in [1.29, 1.82) is 0 Å². The minimum atomic E-state index is -0.456. The SMILES string of the molecule is COC(=O)c1cc(OC)c(O)c(C2(CN)CC2)c1. The smallest absolute Gasteiger partial charge is 0.337 e. The highest BCUT2D eigenvalue weighted by Gasteiger charge is 2.45. The standard InChI is InChI=1S/C13H17NO4/c1-17-10-6-8(12(16)18-2)5-9(11(10)15)13(7-14)3-4-13/h5-6,15H,3-4,7,14H2,1-2H3. The second-order valence-corrected chi connectivity index (χ2v) is 4.55. The fourth-order valence-corrected chi connectivity index (χ4v) is 2.14. The van der Waals surface area contributed by atoms with Gasteiger partial charge in [-0.15, -0.1) is 0 Å². The summed E-state index contributed by atoms with van der Waals surface area (Å²) in [5, 5.41) is 10.1. The zero-order chi connectivity index (χ0) is 13.3. The number of phenolic OH excluding ortho intramolecular Hbond substituents is 1. The van der Waals surface area contributed by atoms with Crippen molar-refractivity contribution >= 4 is 5.97 Å². The third-order valence-electron chi connectivity index (χ3n) is 3.53. The van der Waals surface area contributed by atoms with Crippen LogP contribution in [-0.4, -0.2) is 31.8 Å². The van der Waals surface area contributed by atoms with Crippen molar-refractivity contribution in [2.45, 2.75) is 18.3 Å². The Hall–Kier alpha value is -1.75. The highest BCUT2D eigenvalue weighted by atomic mass is 16.5. The van der Waals surface area contributed by atoms with Gasteiger partial charge >= 0.3 is 5.97 Å². The largest absolute Gasteiger partial charge is 0.504 e. The highest BCUT2D eigenvalue weighted by Crippen LogP contribution is 2.52. The summed E-state index contributed by atoms with van der Waals surface area (Å²) in [6, 6.07) is 3.11. The van der Waals surface area contributed by atoms with Crippen molar-refractivity contribution in [3.05, 3.63) is 23.3 Å².